The lowest BCUT2D eigenvalue weighted by Gasteiger charge is -2.25. The first-order valence-electron chi connectivity index (χ1n) is 6.98. The van der Waals surface area contributed by atoms with Crippen LogP contribution in [0.15, 0.2) is 24.3 Å². The molecule has 0 aromatic heterocycles. The number of hydrogen-bond acceptors (Lipinski definition) is 2. The highest BCUT2D eigenvalue weighted by molar-refractivity contribution is 5.26. The van der Waals surface area contributed by atoms with Crippen molar-refractivity contribution in [1.82, 2.24) is 0 Å². The average Bonchev–Trinajstić information content (AvgIpc) is 2.39. The Morgan fingerprint density at radius 2 is 2.10 bits per heavy atom. The number of alkyl halides is 3. The molecule has 0 saturated carbocycles. The van der Waals surface area contributed by atoms with Gasteiger partial charge in [-0.25, -0.2) is 0 Å². The second-order valence-corrected chi connectivity index (χ2v) is 5.39. The quantitative estimate of drug-likeness (QED) is 0.919. The van der Waals surface area contributed by atoms with E-state index in [1.54, 1.807) is 6.07 Å². The van der Waals surface area contributed by atoms with Crippen molar-refractivity contribution >= 4 is 0 Å². The van der Waals surface area contributed by atoms with Gasteiger partial charge in [0.05, 0.1) is 11.7 Å². The van der Waals surface area contributed by atoms with Crippen LogP contribution >= 0.6 is 0 Å². The van der Waals surface area contributed by atoms with Gasteiger partial charge in [-0.2, -0.15) is 13.2 Å². The van der Waals surface area contributed by atoms with Crippen molar-refractivity contribution in [3.63, 3.8) is 0 Å². The monoisotopic (exact) mass is 287 g/mol. The first kappa shape index (κ1) is 15.3. The van der Waals surface area contributed by atoms with Crippen LogP contribution in [0.1, 0.15) is 36.8 Å². The molecule has 2 atom stereocenters. The Hall–Kier alpha value is -1.07. The highest BCUT2D eigenvalue weighted by atomic mass is 19.4. The van der Waals surface area contributed by atoms with Crippen LogP contribution in [0.25, 0.3) is 0 Å². The zero-order chi connectivity index (χ0) is 14.6. The molecular weight excluding hydrogens is 267 g/mol. The Morgan fingerprint density at radius 3 is 2.75 bits per heavy atom. The molecule has 1 aromatic rings. The number of halogens is 3. The molecule has 2 unspecified atom stereocenters. The van der Waals surface area contributed by atoms with Gasteiger partial charge in [-0.1, -0.05) is 18.2 Å². The third-order valence-electron chi connectivity index (χ3n) is 3.59. The standard InChI is InChI=1S/C15H20F3NO/c16-15(17,18)12-5-3-4-11(8-12)9-13(19)10-14-6-1-2-7-20-14/h3-5,8,13-14H,1-2,6-7,9-10,19H2. The molecule has 20 heavy (non-hydrogen) atoms. The summed E-state index contributed by atoms with van der Waals surface area (Å²) in [6, 6.07) is 5.22. The number of rotatable bonds is 4. The van der Waals surface area contributed by atoms with Gasteiger partial charge >= 0.3 is 6.18 Å². The minimum absolute atomic E-state index is 0.157. The first-order valence-corrected chi connectivity index (χ1v) is 6.98. The lowest BCUT2D eigenvalue weighted by molar-refractivity contribution is -0.137. The van der Waals surface area contributed by atoms with Crippen LogP contribution < -0.4 is 5.73 Å². The van der Waals surface area contributed by atoms with E-state index in [1.807, 2.05) is 0 Å². The normalized spacial score (nSPS) is 21.7. The zero-order valence-corrected chi connectivity index (χ0v) is 11.3. The van der Waals surface area contributed by atoms with Crippen LogP contribution in [-0.2, 0) is 17.3 Å². The van der Waals surface area contributed by atoms with Gasteiger partial charge in [-0.15, -0.1) is 0 Å². The van der Waals surface area contributed by atoms with Crippen LogP contribution in [0, 0.1) is 0 Å². The predicted molar refractivity (Wildman–Crippen MR) is 71.3 cm³/mol. The van der Waals surface area contributed by atoms with Crippen LogP contribution in [0.4, 0.5) is 13.2 Å². The van der Waals surface area contributed by atoms with Gasteiger partial charge in [0.25, 0.3) is 0 Å². The molecule has 1 aliphatic heterocycles. The molecule has 0 amide bonds. The first-order chi connectivity index (χ1) is 9.45. The third-order valence-corrected chi connectivity index (χ3v) is 3.59. The number of benzene rings is 1. The van der Waals surface area contributed by atoms with Gasteiger partial charge < -0.3 is 10.5 Å². The van der Waals surface area contributed by atoms with Crippen LogP contribution in [-0.4, -0.2) is 18.8 Å². The molecule has 0 bridgehead atoms. The van der Waals surface area contributed by atoms with Crippen molar-refractivity contribution in [1.29, 1.82) is 0 Å². The van der Waals surface area contributed by atoms with Crippen molar-refractivity contribution < 1.29 is 17.9 Å². The number of hydrogen-bond donors (Lipinski definition) is 1. The Balaban J connectivity index is 1.92. The van der Waals surface area contributed by atoms with Gasteiger partial charge in [-0.3, -0.25) is 0 Å². The van der Waals surface area contributed by atoms with Crippen molar-refractivity contribution in [3.8, 4) is 0 Å². The third kappa shape index (κ3) is 4.49. The predicted octanol–water partition coefficient (Wildman–Crippen LogP) is 3.53. The molecule has 1 aliphatic rings. The molecule has 5 heteroatoms. The van der Waals surface area contributed by atoms with E-state index in [9.17, 15) is 13.2 Å². The molecule has 2 N–H and O–H groups in total. The summed E-state index contributed by atoms with van der Waals surface area (Å²) in [6.45, 7) is 0.765. The van der Waals surface area contributed by atoms with Crippen molar-refractivity contribution in [2.75, 3.05) is 6.61 Å². The van der Waals surface area contributed by atoms with Crippen LogP contribution in [0.2, 0.25) is 0 Å². The summed E-state index contributed by atoms with van der Waals surface area (Å²) in [5, 5.41) is 0. The highest BCUT2D eigenvalue weighted by Gasteiger charge is 2.30. The van der Waals surface area contributed by atoms with E-state index >= 15 is 0 Å². The van der Waals surface area contributed by atoms with Gasteiger partial charge in [0.2, 0.25) is 0 Å². The summed E-state index contributed by atoms with van der Waals surface area (Å²) in [5.41, 5.74) is 6.05. The van der Waals surface area contributed by atoms with Crippen molar-refractivity contribution in [2.24, 2.45) is 5.73 Å². The van der Waals surface area contributed by atoms with E-state index in [2.05, 4.69) is 0 Å². The van der Waals surface area contributed by atoms with E-state index < -0.39 is 11.7 Å². The largest absolute Gasteiger partial charge is 0.416 e. The molecular formula is C15H20F3NO. The fourth-order valence-electron chi connectivity index (χ4n) is 2.59. The fraction of sp³-hybridized carbons (Fsp3) is 0.600. The molecule has 1 heterocycles. The van der Waals surface area contributed by atoms with Crippen molar-refractivity contribution in [2.45, 2.75) is 50.4 Å². The molecule has 0 aliphatic carbocycles. The maximum atomic E-state index is 12.6. The molecule has 2 rings (SSSR count). The summed E-state index contributed by atoms with van der Waals surface area (Å²) < 4.78 is 43.5. The van der Waals surface area contributed by atoms with E-state index in [1.165, 1.54) is 12.1 Å². The van der Waals surface area contributed by atoms with E-state index in [0.29, 0.717) is 18.4 Å². The lowest BCUT2D eigenvalue weighted by atomic mass is 9.97. The molecule has 1 aromatic carbocycles. The zero-order valence-electron chi connectivity index (χ0n) is 11.3. The fourth-order valence-corrected chi connectivity index (χ4v) is 2.59. The number of ether oxygens (including phenoxy) is 1. The molecule has 1 saturated heterocycles. The second kappa shape index (κ2) is 6.59. The van der Waals surface area contributed by atoms with Crippen LogP contribution in [0.5, 0.6) is 0 Å². The lowest BCUT2D eigenvalue weighted by Crippen LogP contribution is -2.31. The SMILES string of the molecule is NC(Cc1cccc(C(F)(F)F)c1)CC1CCCCO1. The Bertz CT molecular complexity index is 427. The molecule has 1 fully saturated rings. The average molecular weight is 287 g/mol. The maximum Gasteiger partial charge on any atom is 0.416 e. The van der Waals surface area contributed by atoms with Crippen molar-refractivity contribution in [3.05, 3.63) is 35.4 Å². The summed E-state index contributed by atoms with van der Waals surface area (Å²) >= 11 is 0. The second-order valence-electron chi connectivity index (χ2n) is 5.39. The Kier molecular flexibility index (Phi) is 5.05. The minimum Gasteiger partial charge on any atom is -0.378 e. The van der Waals surface area contributed by atoms with Gasteiger partial charge in [0.1, 0.15) is 0 Å². The maximum absolute atomic E-state index is 12.6. The Morgan fingerprint density at radius 1 is 1.30 bits per heavy atom. The van der Waals surface area contributed by atoms with Crippen LogP contribution in [0.3, 0.4) is 0 Å². The summed E-state index contributed by atoms with van der Waals surface area (Å²) in [5.74, 6) is 0. The van der Waals surface area contributed by atoms with Gasteiger partial charge in [-0.05, 0) is 43.7 Å². The smallest absolute Gasteiger partial charge is 0.378 e. The molecule has 112 valence electrons. The summed E-state index contributed by atoms with van der Waals surface area (Å²) in [7, 11) is 0. The molecule has 2 nitrogen and oxygen atoms in total. The number of nitrogens with two attached hydrogens (primary N) is 1. The van der Waals surface area contributed by atoms with E-state index in [0.717, 1.165) is 31.9 Å². The molecule has 0 spiro atoms. The van der Waals surface area contributed by atoms with E-state index in [4.69, 9.17) is 10.5 Å². The molecule has 0 radical (unpaired) electrons. The van der Waals surface area contributed by atoms with Gasteiger partial charge in [0, 0.05) is 12.6 Å². The van der Waals surface area contributed by atoms with E-state index in [-0.39, 0.29) is 12.1 Å². The van der Waals surface area contributed by atoms with Gasteiger partial charge in [0.15, 0.2) is 0 Å². The minimum atomic E-state index is -4.30. The highest BCUT2D eigenvalue weighted by Crippen LogP contribution is 2.29. The topological polar surface area (TPSA) is 35.2 Å². The summed E-state index contributed by atoms with van der Waals surface area (Å²) in [4.78, 5) is 0. The Labute approximate surface area is 117 Å². The summed E-state index contributed by atoms with van der Waals surface area (Å²) in [6.07, 6.45) is 0.230.